The maximum absolute atomic E-state index is 10.5. The molecule has 6 nitrogen and oxygen atoms in total. The monoisotopic (exact) mass is 318 g/mol. The SMILES string of the molecule is CC(C)(C)[Si](C)(C)OCCCN1CCCCC1O[N+](=O)[O-]. The molecule has 0 aliphatic carbocycles. The average molecular weight is 318 g/mol. The first-order chi connectivity index (χ1) is 9.63. The van der Waals surface area contributed by atoms with Gasteiger partial charge in [-0.15, -0.1) is 10.1 Å². The van der Waals surface area contributed by atoms with Crippen LogP contribution in [0.2, 0.25) is 18.1 Å². The molecule has 1 saturated heterocycles. The first-order valence-corrected chi connectivity index (χ1v) is 10.7. The number of nitrogens with zero attached hydrogens (tertiary/aromatic N) is 2. The zero-order chi connectivity index (χ0) is 16.1. The molecule has 0 aromatic rings. The molecule has 0 aromatic carbocycles. The van der Waals surface area contributed by atoms with E-state index in [0.29, 0.717) is 0 Å². The predicted octanol–water partition coefficient (Wildman–Crippen LogP) is 3.42. The maximum atomic E-state index is 10.5. The lowest BCUT2D eigenvalue weighted by Gasteiger charge is -2.37. The third-order valence-corrected chi connectivity index (χ3v) is 9.16. The summed E-state index contributed by atoms with van der Waals surface area (Å²) >= 11 is 0. The highest BCUT2D eigenvalue weighted by Gasteiger charge is 2.37. The number of rotatable bonds is 7. The Morgan fingerprint density at radius 2 is 2.00 bits per heavy atom. The Bertz CT molecular complexity index is 344. The maximum Gasteiger partial charge on any atom is 0.296 e. The van der Waals surface area contributed by atoms with Crippen molar-refractivity contribution < 1.29 is 14.4 Å². The lowest BCUT2D eigenvalue weighted by Crippen LogP contribution is -2.44. The van der Waals surface area contributed by atoms with Crippen LogP contribution in [0.25, 0.3) is 0 Å². The van der Waals surface area contributed by atoms with Crippen LogP contribution >= 0.6 is 0 Å². The van der Waals surface area contributed by atoms with E-state index in [9.17, 15) is 10.1 Å². The highest BCUT2D eigenvalue weighted by Crippen LogP contribution is 2.36. The van der Waals surface area contributed by atoms with Gasteiger partial charge in [0.25, 0.3) is 5.09 Å². The van der Waals surface area contributed by atoms with Gasteiger partial charge in [0.2, 0.25) is 0 Å². The van der Waals surface area contributed by atoms with Gasteiger partial charge in [0.15, 0.2) is 14.5 Å². The summed E-state index contributed by atoms with van der Waals surface area (Å²) in [6.07, 6.45) is 3.34. The molecule has 124 valence electrons. The standard InChI is InChI=1S/C14H30N2O4Si/c1-14(2,3)21(4,5)19-12-8-11-15-10-7-6-9-13(15)20-16(17)18/h13H,6-12H2,1-5H3. The van der Waals surface area contributed by atoms with E-state index in [-0.39, 0.29) is 11.3 Å². The fourth-order valence-corrected chi connectivity index (χ4v) is 3.33. The van der Waals surface area contributed by atoms with Gasteiger partial charge in [-0.2, -0.15) is 0 Å². The van der Waals surface area contributed by atoms with Crippen LogP contribution < -0.4 is 0 Å². The smallest absolute Gasteiger partial charge is 0.296 e. The second-order valence-electron chi connectivity index (χ2n) is 7.28. The molecule has 0 radical (unpaired) electrons. The van der Waals surface area contributed by atoms with E-state index in [1.165, 1.54) is 0 Å². The molecule has 0 bridgehead atoms. The van der Waals surface area contributed by atoms with E-state index in [4.69, 9.17) is 9.26 Å². The Labute approximate surface area is 129 Å². The van der Waals surface area contributed by atoms with Crippen molar-refractivity contribution in [3.63, 3.8) is 0 Å². The van der Waals surface area contributed by atoms with Crippen molar-refractivity contribution in [2.75, 3.05) is 19.7 Å². The van der Waals surface area contributed by atoms with Crippen LogP contribution in [0, 0.1) is 10.1 Å². The molecule has 21 heavy (non-hydrogen) atoms. The molecular weight excluding hydrogens is 288 g/mol. The molecule has 1 heterocycles. The van der Waals surface area contributed by atoms with Crippen molar-refractivity contribution >= 4 is 8.32 Å². The molecule has 0 N–H and O–H groups in total. The topological polar surface area (TPSA) is 64.8 Å². The predicted molar refractivity (Wildman–Crippen MR) is 85.1 cm³/mol. The van der Waals surface area contributed by atoms with Crippen LogP contribution in [-0.2, 0) is 9.26 Å². The third kappa shape index (κ3) is 5.92. The summed E-state index contributed by atoms with van der Waals surface area (Å²) in [6.45, 7) is 13.6. The minimum Gasteiger partial charge on any atom is -0.417 e. The van der Waals surface area contributed by atoms with Crippen LogP contribution in [0.15, 0.2) is 0 Å². The largest absolute Gasteiger partial charge is 0.417 e. The van der Waals surface area contributed by atoms with Crippen molar-refractivity contribution in [1.82, 2.24) is 4.90 Å². The van der Waals surface area contributed by atoms with Crippen molar-refractivity contribution in [3.8, 4) is 0 Å². The molecule has 1 unspecified atom stereocenters. The summed E-state index contributed by atoms with van der Waals surface area (Å²) in [4.78, 5) is 17.4. The summed E-state index contributed by atoms with van der Waals surface area (Å²) in [5, 5.41) is 10.1. The average Bonchev–Trinajstić information content (AvgIpc) is 2.34. The third-order valence-electron chi connectivity index (χ3n) is 4.62. The lowest BCUT2D eigenvalue weighted by molar-refractivity contribution is -0.775. The molecule has 1 aliphatic rings. The van der Waals surface area contributed by atoms with Crippen LogP contribution in [0.4, 0.5) is 0 Å². The summed E-state index contributed by atoms with van der Waals surface area (Å²) in [5.41, 5.74) is 0. The van der Waals surface area contributed by atoms with Crippen LogP contribution in [0.5, 0.6) is 0 Å². The number of piperidine rings is 1. The minimum absolute atomic E-state index is 0.218. The van der Waals surface area contributed by atoms with Gasteiger partial charge in [0.1, 0.15) is 0 Å². The molecule has 1 atom stereocenters. The van der Waals surface area contributed by atoms with Gasteiger partial charge in [-0.05, 0) is 43.8 Å². The molecule has 1 rings (SSSR count). The van der Waals surface area contributed by atoms with E-state index >= 15 is 0 Å². The van der Waals surface area contributed by atoms with Crippen LogP contribution in [0.1, 0.15) is 46.5 Å². The molecule has 0 amide bonds. The fraction of sp³-hybridized carbons (Fsp3) is 1.00. The quantitative estimate of drug-likeness (QED) is 0.311. The van der Waals surface area contributed by atoms with Crippen molar-refractivity contribution in [3.05, 3.63) is 10.1 Å². The molecule has 1 aliphatic heterocycles. The second kappa shape index (κ2) is 7.55. The van der Waals surface area contributed by atoms with Crippen molar-refractivity contribution in [2.24, 2.45) is 0 Å². The van der Waals surface area contributed by atoms with Crippen LogP contribution in [0.3, 0.4) is 0 Å². The van der Waals surface area contributed by atoms with E-state index < -0.39 is 13.4 Å². The van der Waals surface area contributed by atoms with Gasteiger partial charge in [-0.3, -0.25) is 9.74 Å². The molecular formula is C14H30N2O4Si. The highest BCUT2D eigenvalue weighted by molar-refractivity contribution is 6.74. The summed E-state index contributed by atoms with van der Waals surface area (Å²) in [6, 6.07) is 0. The summed E-state index contributed by atoms with van der Waals surface area (Å²) in [7, 11) is -1.69. The number of hydrogen-bond acceptors (Lipinski definition) is 5. The Balaban J connectivity index is 2.35. The Morgan fingerprint density at radius 1 is 1.33 bits per heavy atom. The zero-order valence-corrected chi connectivity index (χ0v) is 15.1. The molecule has 0 aromatic heterocycles. The normalized spacial score (nSPS) is 21.3. The summed E-state index contributed by atoms with van der Waals surface area (Å²) in [5.74, 6) is 0. The van der Waals surface area contributed by atoms with Gasteiger partial charge >= 0.3 is 0 Å². The van der Waals surface area contributed by atoms with Crippen molar-refractivity contribution in [2.45, 2.75) is 70.8 Å². The van der Waals surface area contributed by atoms with Crippen molar-refractivity contribution in [1.29, 1.82) is 0 Å². The van der Waals surface area contributed by atoms with E-state index in [1.807, 2.05) is 0 Å². The first kappa shape index (κ1) is 18.4. The fourth-order valence-electron chi connectivity index (χ4n) is 2.25. The highest BCUT2D eigenvalue weighted by atomic mass is 28.4. The summed E-state index contributed by atoms with van der Waals surface area (Å²) < 4.78 is 6.14. The van der Waals surface area contributed by atoms with Gasteiger partial charge in [0.05, 0.1) is 0 Å². The molecule has 7 heteroatoms. The molecule has 0 saturated carbocycles. The van der Waals surface area contributed by atoms with E-state index in [1.54, 1.807) is 0 Å². The molecule has 1 fully saturated rings. The van der Waals surface area contributed by atoms with Gasteiger partial charge < -0.3 is 4.43 Å². The van der Waals surface area contributed by atoms with E-state index in [2.05, 4.69) is 38.8 Å². The van der Waals surface area contributed by atoms with Gasteiger partial charge in [-0.25, -0.2) is 0 Å². The van der Waals surface area contributed by atoms with Gasteiger partial charge in [-0.1, -0.05) is 20.8 Å². The Kier molecular flexibility index (Phi) is 6.61. The Hall–Kier alpha value is -0.663. The number of hydrogen-bond donors (Lipinski definition) is 0. The zero-order valence-electron chi connectivity index (χ0n) is 14.1. The minimum atomic E-state index is -1.69. The lowest BCUT2D eigenvalue weighted by atomic mass is 10.1. The molecule has 0 spiro atoms. The Morgan fingerprint density at radius 3 is 2.57 bits per heavy atom. The number of likely N-dealkylation sites (tertiary alicyclic amines) is 1. The van der Waals surface area contributed by atoms with Gasteiger partial charge in [0, 0.05) is 19.7 Å². The first-order valence-electron chi connectivity index (χ1n) is 7.83. The van der Waals surface area contributed by atoms with E-state index in [0.717, 1.165) is 45.4 Å². The second-order valence-corrected chi connectivity index (χ2v) is 12.1. The van der Waals surface area contributed by atoms with Crippen LogP contribution in [-0.4, -0.2) is 44.2 Å².